The molecular weight excluding hydrogens is 388 g/mol. The second-order valence-corrected chi connectivity index (χ2v) is 8.09. The zero-order chi connectivity index (χ0) is 21.5. The molecule has 2 atom stereocenters. The van der Waals surface area contributed by atoms with Crippen LogP contribution in [0.1, 0.15) is 46.5 Å². The van der Waals surface area contributed by atoms with Gasteiger partial charge in [0.15, 0.2) is 11.5 Å². The lowest BCUT2D eigenvalue weighted by Gasteiger charge is -2.38. The van der Waals surface area contributed by atoms with Crippen LogP contribution in [0.4, 0.5) is 0 Å². The molecule has 158 valence electrons. The number of nitrogens with zero attached hydrogens (tertiary/aromatic N) is 2. The van der Waals surface area contributed by atoms with Crippen molar-refractivity contribution in [2.75, 3.05) is 14.2 Å². The van der Waals surface area contributed by atoms with Gasteiger partial charge in [-0.1, -0.05) is 42.0 Å². The molecule has 0 radical (unpaired) electrons. The predicted molar refractivity (Wildman–Crippen MR) is 121 cm³/mol. The van der Waals surface area contributed by atoms with Crippen LogP contribution in [0.15, 0.2) is 65.8 Å². The average Bonchev–Trinajstić information content (AvgIpc) is 3.23. The highest BCUT2D eigenvalue weighted by atomic mass is 16.5. The van der Waals surface area contributed by atoms with Gasteiger partial charge in [-0.3, -0.25) is 0 Å². The number of para-hydroxylation sites is 1. The monoisotopic (exact) mass is 414 g/mol. The number of benzene rings is 3. The van der Waals surface area contributed by atoms with Gasteiger partial charge in [-0.15, -0.1) is 0 Å². The Labute approximate surface area is 182 Å². The van der Waals surface area contributed by atoms with Crippen LogP contribution in [0.3, 0.4) is 0 Å². The average molecular weight is 415 g/mol. The van der Waals surface area contributed by atoms with Crippen LogP contribution < -0.4 is 14.2 Å². The number of rotatable bonds is 4. The normalized spacial score (nSPS) is 19.2. The van der Waals surface area contributed by atoms with Crippen molar-refractivity contribution in [2.24, 2.45) is 5.10 Å². The smallest absolute Gasteiger partial charge is 0.214 e. The summed E-state index contributed by atoms with van der Waals surface area (Å²) in [6, 6.07) is 20.8. The summed E-state index contributed by atoms with van der Waals surface area (Å²) in [6.45, 7) is 4.27. The number of aryl methyl sites for hydroxylation is 2. The maximum atomic E-state index is 6.46. The van der Waals surface area contributed by atoms with Gasteiger partial charge in [0.1, 0.15) is 5.75 Å². The van der Waals surface area contributed by atoms with Gasteiger partial charge >= 0.3 is 0 Å². The third-order valence-electron chi connectivity index (χ3n) is 6.08. The first-order valence-corrected chi connectivity index (χ1v) is 10.5. The fourth-order valence-corrected chi connectivity index (χ4v) is 4.56. The van der Waals surface area contributed by atoms with E-state index in [0.29, 0.717) is 11.5 Å². The zero-order valence-corrected chi connectivity index (χ0v) is 18.3. The highest BCUT2D eigenvalue weighted by Gasteiger charge is 2.41. The minimum atomic E-state index is -0.344. The van der Waals surface area contributed by atoms with Crippen molar-refractivity contribution in [1.82, 2.24) is 5.01 Å². The van der Waals surface area contributed by atoms with Gasteiger partial charge in [-0.05, 0) is 43.7 Å². The van der Waals surface area contributed by atoms with E-state index in [9.17, 15) is 0 Å². The second kappa shape index (κ2) is 7.65. The summed E-state index contributed by atoms with van der Waals surface area (Å²) in [6.07, 6.45) is 0.497. The molecule has 31 heavy (non-hydrogen) atoms. The Morgan fingerprint density at radius 1 is 0.935 bits per heavy atom. The lowest BCUT2D eigenvalue weighted by Crippen LogP contribution is -2.33. The Hall–Kier alpha value is -3.47. The first-order chi connectivity index (χ1) is 15.1. The van der Waals surface area contributed by atoms with Crippen LogP contribution in [-0.2, 0) is 0 Å². The number of fused-ring (bicyclic) bond motifs is 3. The summed E-state index contributed by atoms with van der Waals surface area (Å²) >= 11 is 0. The summed E-state index contributed by atoms with van der Waals surface area (Å²) in [5, 5.41) is 7.17. The van der Waals surface area contributed by atoms with Crippen LogP contribution in [0.2, 0.25) is 0 Å². The number of ether oxygens (including phenoxy) is 3. The van der Waals surface area contributed by atoms with Gasteiger partial charge < -0.3 is 14.2 Å². The van der Waals surface area contributed by atoms with Gasteiger partial charge in [0, 0.05) is 23.1 Å². The quantitative estimate of drug-likeness (QED) is 0.560. The van der Waals surface area contributed by atoms with E-state index in [1.807, 2.05) is 30.3 Å². The van der Waals surface area contributed by atoms with Crippen molar-refractivity contribution < 1.29 is 14.2 Å². The van der Waals surface area contributed by atoms with Crippen molar-refractivity contribution >= 4 is 5.71 Å². The highest BCUT2D eigenvalue weighted by Crippen LogP contribution is 2.48. The molecule has 0 saturated heterocycles. The summed E-state index contributed by atoms with van der Waals surface area (Å²) in [5.74, 6) is 2.28. The molecular formula is C26H26N2O3. The minimum Gasteiger partial charge on any atom is -0.493 e. The summed E-state index contributed by atoms with van der Waals surface area (Å²) in [5.41, 5.74) is 6.94. The van der Waals surface area contributed by atoms with Crippen LogP contribution in [0.5, 0.6) is 17.2 Å². The zero-order valence-electron chi connectivity index (χ0n) is 18.3. The van der Waals surface area contributed by atoms with Crippen LogP contribution in [-0.4, -0.2) is 24.9 Å². The molecule has 5 nitrogen and oxygen atoms in total. The molecule has 0 aliphatic carbocycles. The molecule has 3 aromatic rings. The molecule has 2 aliphatic heterocycles. The van der Waals surface area contributed by atoms with E-state index in [4.69, 9.17) is 19.3 Å². The number of hydrazone groups is 1. The van der Waals surface area contributed by atoms with Crippen molar-refractivity contribution in [3.05, 3.63) is 88.5 Å². The van der Waals surface area contributed by atoms with Crippen molar-refractivity contribution in [3.63, 3.8) is 0 Å². The van der Waals surface area contributed by atoms with E-state index in [2.05, 4.69) is 49.2 Å². The van der Waals surface area contributed by atoms with E-state index >= 15 is 0 Å². The van der Waals surface area contributed by atoms with Gasteiger partial charge in [0.2, 0.25) is 6.23 Å². The minimum absolute atomic E-state index is 0.124. The molecule has 0 saturated carbocycles. The van der Waals surface area contributed by atoms with E-state index in [1.165, 1.54) is 22.3 Å². The molecule has 0 aromatic heterocycles. The Morgan fingerprint density at radius 2 is 1.74 bits per heavy atom. The molecule has 2 heterocycles. The molecule has 0 amide bonds. The molecule has 0 bridgehead atoms. The lowest BCUT2D eigenvalue weighted by atomic mass is 9.94. The highest BCUT2D eigenvalue weighted by molar-refractivity contribution is 6.03. The number of hydrogen-bond acceptors (Lipinski definition) is 5. The van der Waals surface area contributed by atoms with E-state index < -0.39 is 0 Å². The fourth-order valence-electron chi connectivity index (χ4n) is 4.56. The second-order valence-electron chi connectivity index (χ2n) is 8.09. The van der Waals surface area contributed by atoms with Gasteiger partial charge in [-0.2, -0.15) is 5.10 Å². The van der Waals surface area contributed by atoms with Crippen molar-refractivity contribution in [2.45, 2.75) is 32.5 Å². The van der Waals surface area contributed by atoms with Gasteiger partial charge in [0.05, 0.1) is 26.0 Å². The Morgan fingerprint density at radius 3 is 2.52 bits per heavy atom. The Balaban J connectivity index is 1.60. The van der Waals surface area contributed by atoms with Crippen molar-refractivity contribution in [1.29, 1.82) is 0 Å². The fraction of sp³-hybridized carbons (Fsp3) is 0.269. The standard InChI is InChI=1S/C26H26N2O3/c1-16-9-11-19(17(2)13-16)21-15-22-20-7-5-6-8-23(20)31-26(28(22)27-21)18-10-12-24(29-3)25(14-18)30-4/h5-14,22,26H,15H2,1-4H3/t22-,26-/m1/s1. The number of hydrogen-bond donors (Lipinski definition) is 0. The van der Waals surface area contributed by atoms with Gasteiger partial charge in [-0.25, -0.2) is 5.01 Å². The van der Waals surface area contributed by atoms with Gasteiger partial charge in [0.25, 0.3) is 0 Å². The largest absolute Gasteiger partial charge is 0.493 e. The number of methoxy groups -OCH3 is 2. The SMILES string of the molecule is COc1ccc([C@H]2Oc3ccccc3[C@H]3CC(c4ccc(C)cc4C)=NN32)cc1OC. The molecule has 0 N–H and O–H groups in total. The van der Waals surface area contributed by atoms with Crippen molar-refractivity contribution in [3.8, 4) is 17.2 Å². The summed E-state index contributed by atoms with van der Waals surface area (Å²) in [7, 11) is 3.29. The molecule has 0 unspecified atom stereocenters. The molecule has 0 fully saturated rings. The summed E-state index contributed by atoms with van der Waals surface area (Å²) < 4.78 is 17.4. The third-order valence-corrected chi connectivity index (χ3v) is 6.08. The maximum Gasteiger partial charge on any atom is 0.214 e. The van der Waals surface area contributed by atoms with E-state index in [0.717, 1.165) is 23.4 Å². The van der Waals surface area contributed by atoms with Crippen LogP contribution in [0, 0.1) is 13.8 Å². The van der Waals surface area contributed by atoms with E-state index in [-0.39, 0.29) is 12.3 Å². The molecule has 5 heteroatoms. The first kappa shape index (κ1) is 19.5. The predicted octanol–water partition coefficient (Wildman–Crippen LogP) is 5.56. The lowest BCUT2D eigenvalue weighted by molar-refractivity contribution is -0.0191. The molecule has 3 aromatic carbocycles. The summed E-state index contributed by atoms with van der Waals surface area (Å²) in [4.78, 5) is 0. The first-order valence-electron chi connectivity index (χ1n) is 10.5. The topological polar surface area (TPSA) is 43.3 Å². The molecule has 2 aliphatic rings. The molecule has 5 rings (SSSR count). The third kappa shape index (κ3) is 3.30. The Bertz CT molecular complexity index is 1170. The van der Waals surface area contributed by atoms with Crippen LogP contribution >= 0.6 is 0 Å². The Kier molecular flexibility index (Phi) is 4.81. The molecule has 0 spiro atoms. The maximum absolute atomic E-state index is 6.46. The van der Waals surface area contributed by atoms with E-state index in [1.54, 1.807) is 14.2 Å². The van der Waals surface area contributed by atoms with Crippen LogP contribution in [0.25, 0.3) is 0 Å².